The van der Waals surface area contributed by atoms with E-state index in [1.165, 1.54) is 64.2 Å². The Labute approximate surface area is 277 Å². The molecule has 4 aromatic carbocycles. The van der Waals surface area contributed by atoms with E-state index in [0.717, 1.165) is 21.5 Å². The maximum Gasteiger partial charge on any atom is 2.00 e. The minimum Gasteiger partial charge on any atom is -0.507 e. The fraction of sp³-hybridized carbons (Fsp3) is 0.250. The largest absolute Gasteiger partial charge is 2.00 e. The van der Waals surface area contributed by atoms with Crippen molar-refractivity contribution in [3.63, 3.8) is 0 Å². The smallest absolute Gasteiger partial charge is 0.507 e. The Hall–Kier alpha value is -2.12. The molecule has 43 heavy (non-hydrogen) atoms. The molecule has 2 nitrogen and oxygen atoms in total. The van der Waals surface area contributed by atoms with Gasteiger partial charge in [-0.15, -0.1) is 0 Å². The average molecular weight is 642 g/mol. The van der Waals surface area contributed by atoms with Crippen LogP contribution in [0.2, 0.25) is 0 Å². The van der Waals surface area contributed by atoms with Crippen molar-refractivity contribution in [2.45, 2.75) is 64.2 Å². The minimum absolute atomic E-state index is 0. The number of fused-ring (bicyclic) bond motifs is 4. The Morgan fingerprint density at radius 1 is 0.465 bits per heavy atom. The van der Waals surface area contributed by atoms with Crippen LogP contribution in [0.4, 0.5) is 0 Å². The summed E-state index contributed by atoms with van der Waals surface area (Å²) in [6.45, 7) is 0. The van der Waals surface area contributed by atoms with Crippen LogP contribution in [0.25, 0.3) is 32.7 Å². The van der Waals surface area contributed by atoms with Gasteiger partial charge in [0.15, 0.2) is 0 Å². The van der Waals surface area contributed by atoms with Crippen molar-refractivity contribution in [3.8, 4) is 22.6 Å². The molecule has 4 fully saturated rings. The number of hydrogen-bond acceptors (Lipinski definition) is 2. The van der Waals surface area contributed by atoms with Gasteiger partial charge in [-0.3, -0.25) is 0 Å². The number of benzene rings is 4. The molecule has 0 atom stereocenters. The molecule has 212 valence electrons. The van der Waals surface area contributed by atoms with Crippen LogP contribution in [0.1, 0.15) is 64.2 Å². The molecular formula is C40H38O2Zr+2. The van der Waals surface area contributed by atoms with Crippen LogP contribution in [0.15, 0.2) is 72.8 Å². The van der Waals surface area contributed by atoms with E-state index >= 15 is 0 Å². The van der Waals surface area contributed by atoms with Crippen molar-refractivity contribution in [2.24, 2.45) is 0 Å². The summed E-state index contributed by atoms with van der Waals surface area (Å²) in [5, 5.41) is 24.8. The molecule has 10 radical (unpaired) electrons. The first kappa shape index (κ1) is 30.9. The molecule has 2 N–H and O–H groups in total. The second kappa shape index (κ2) is 13.9. The van der Waals surface area contributed by atoms with Crippen molar-refractivity contribution in [2.75, 3.05) is 0 Å². The van der Waals surface area contributed by atoms with E-state index in [4.69, 9.17) is 0 Å². The maximum absolute atomic E-state index is 10.4. The molecule has 0 heterocycles. The summed E-state index contributed by atoms with van der Waals surface area (Å²) in [7, 11) is 0. The molecule has 4 aromatic rings. The second-order valence-electron chi connectivity index (χ2n) is 12.0. The molecule has 4 aliphatic rings. The molecule has 0 unspecified atom stereocenters. The molecule has 4 saturated carbocycles. The first-order chi connectivity index (χ1) is 20.7. The zero-order valence-electron chi connectivity index (χ0n) is 24.7. The zero-order chi connectivity index (χ0) is 28.5. The van der Waals surface area contributed by atoms with Gasteiger partial charge in [0.1, 0.15) is 11.5 Å². The number of phenols is 2. The Balaban J connectivity index is 0.000000150. The van der Waals surface area contributed by atoms with Gasteiger partial charge in [0, 0.05) is 11.1 Å². The monoisotopic (exact) mass is 640 g/mol. The summed E-state index contributed by atoms with van der Waals surface area (Å²) in [4.78, 5) is 0. The van der Waals surface area contributed by atoms with E-state index in [0.29, 0.717) is 11.1 Å². The third-order valence-electron chi connectivity index (χ3n) is 9.50. The first-order valence-corrected chi connectivity index (χ1v) is 15.6. The Morgan fingerprint density at radius 3 is 1.35 bits per heavy atom. The van der Waals surface area contributed by atoms with Crippen LogP contribution in [0, 0.1) is 61.2 Å². The molecule has 0 saturated heterocycles. The van der Waals surface area contributed by atoms with E-state index in [1.807, 2.05) is 60.7 Å². The summed E-state index contributed by atoms with van der Waals surface area (Å²) >= 11 is 0. The predicted octanol–water partition coefficient (Wildman–Crippen LogP) is 10.3. The predicted molar refractivity (Wildman–Crippen MR) is 173 cm³/mol. The fourth-order valence-electron chi connectivity index (χ4n) is 7.35. The third kappa shape index (κ3) is 6.36. The van der Waals surface area contributed by atoms with Gasteiger partial charge in [0.2, 0.25) is 0 Å². The average Bonchev–Trinajstić information content (AvgIpc) is 3.65. The topological polar surface area (TPSA) is 40.5 Å². The second-order valence-corrected chi connectivity index (χ2v) is 12.0. The van der Waals surface area contributed by atoms with Crippen LogP contribution in [-0.4, -0.2) is 10.2 Å². The Kier molecular flexibility index (Phi) is 9.98. The van der Waals surface area contributed by atoms with E-state index in [9.17, 15) is 10.2 Å². The van der Waals surface area contributed by atoms with Gasteiger partial charge >= 0.3 is 26.2 Å². The molecule has 0 spiro atoms. The molecule has 4 aliphatic carbocycles. The van der Waals surface area contributed by atoms with Crippen LogP contribution >= 0.6 is 0 Å². The summed E-state index contributed by atoms with van der Waals surface area (Å²) < 4.78 is 0. The van der Waals surface area contributed by atoms with Gasteiger partial charge in [0.25, 0.3) is 0 Å². The molecule has 0 aliphatic heterocycles. The molecule has 3 heteroatoms. The van der Waals surface area contributed by atoms with Crippen LogP contribution in [-0.2, 0) is 26.2 Å². The van der Waals surface area contributed by atoms with Crippen LogP contribution < -0.4 is 0 Å². The van der Waals surface area contributed by atoms with Crippen LogP contribution in [0.5, 0.6) is 11.5 Å². The quantitative estimate of drug-likeness (QED) is 0.233. The zero-order valence-corrected chi connectivity index (χ0v) is 27.2. The van der Waals surface area contributed by atoms with Gasteiger partial charge in [0.05, 0.1) is 0 Å². The van der Waals surface area contributed by atoms with E-state index in [-0.39, 0.29) is 37.7 Å². The minimum atomic E-state index is 0. The molecule has 8 rings (SSSR count). The SMILES string of the molecule is Oc1ccc2ccccc2c1-c1c(O)ccc2ccccc12.[CH]1[CH][C](CC[C]2[CH][CH][C]3CCCC[C]32)[C]2CCCC[C]12.[Zr+2]. The Morgan fingerprint density at radius 2 is 0.884 bits per heavy atom. The first-order valence-electron chi connectivity index (χ1n) is 15.6. The molecule has 0 aromatic heterocycles. The number of rotatable bonds is 4. The van der Waals surface area contributed by atoms with Crippen molar-refractivity contribution in [3.05, 3.63) is 134 Å². The molecular weight excluding hydrogens is 604 g/mol. The van der Waals surface area contributed by atoms with Gasteiger partial charge < -0.3 is 10.2 Å². The van der Waals surface area contributed by atoms with Crippen LogP contribution in [0.3, 0.4) is 0 Å². The van der Waals surface area contributed by atoms with Crippen molar-refractivity contribution < 1.29 is 36.4 Å². The maximum atomic E-state index is 10.4. The normalized spacial score (nSPS) is 20.5. The van der Waals surface area contributed by atoms with E-state index in [1.54, 1.807) is 47.6 Å². The standard InChI is InChI=1S/C20H14O2.C20H24.Zr/c21-17-11-9-13-5-1-3-7-15(13)19(17)20-16-8-4-2-6-14(16)10-12-18(20)22;1-3-7-19-15(5-1)9-11-17(19)13-14-18-12-10-16-6-2-4-8-20(16)18;/h1-12,21-22H;9-12H,1-8,13-14H2;/q;;+2. The number of aromatic hydroxyl groups is 2. The molecule has 0 bridgehead atoms. The summed E-state index contributed by atoms with van der Waals surface area (Å²) in [6, 6.07) is 22.9. The van der Waals surface area contributed by atoms with Gasteiger partial charge in [-0.2, -0.15) is 0 Å². The Bertz CT molecular complexity index is 1410. The molecule has 0 amide bonds. The number of phenolic OH excluding ortho intramolecular Hbond substituents is 2. The van der Waals surface area contributed by atoms with Gasteiger partial charge in [-0.1, -0.05) is 86.3 Å². The summed E-state index contributed by atoms with van der Waals surface area (Å²) in [5.41, 5.74) is 1.35. The summed E-state index contributed by atoms with van der Waals surface area (Å²) in [5.74, 6) is 10.3. The van der Waals surface area contributed by atoms with Crippen molar-refractivity contribution in [1.82, 2.24) is 0 Å². The van der Waals surface area contributed by atoms with Gasteiger partial charge in [-0.05, 0) is 133 Å². The third-order valence-corrected chi connectivity index (χ3v) is 9.50. The fourth-order valence-corrected chi connectivity index (χ4v) is 7.35. The van der Waals surface area contributed by atoms with Crippen molar-refractivity contribution in [1.29, 1.82) is 0 Å². The van der Waals surface area contributed by atoms with Crippen molar-refractivity contribution >= 4 is 21.5 Å². The van der Waals surface area contributed by atoms with E-state index in [2.05, 4.69) is 25.7 Å². The van der Waals surface area contributed by atoms with Gasteiger partial charge in [-0.25, -0.2) is 0 Å². The number of hydrogen-bond donors (Lipinski definition) is 2. The summed E-state index contributed by atoms with van der Waals surface area (Å²) in [6.07, 6.45) is 23.0. The van der Waals surface area contributed by atoms with E-state index < -0.39 is 0 Å².